The van der Waals surface area contributed by atoms with Crippen molar-refractivity contribution in [1.82, 2.24) is 5.32 Å². The number of carbonyl (C=O) groups excluding carboxylic acids is 1. The van der Waals surface area contributed by atoms with Crippen molar-refractivity contribution in [2.75, 3.05) is 6.54 Å². The number of carbonyl (C=O) groups is 1. The summed E-state index contributed by atoms with van der Waals surface area (Å²) in [7, 11) is 0. The van der Waals surface area contributed by atoms with Crippen molar-refractivity contribution in [1.29, 1.82) is 0 Å². The molecule has 1 rings (SSSR count). The highest BCUT2D eigenvalue weighted by Gasteiger charge is 2.29. The quantitative estimate of drug-likeness (QED) is 0.814. The molecule has 0 aromatic heterocycles. The number of hydrogen-bond donors (Lipinski definition) is 1. The van der Waals surface area contributed by atoms with E-state index in [2.05, 4.69) is 34.7 Å². The molecule has 3 heteroatoms. The third kappa shape index (κ3) is 3.14. The van der Waals surface area contributed by atoms with E-state index in [4.69, 9.17) is 0 Å². The average molecular weight is 246 g/mol. The van der Waals surface area contributed by atoms with E-state index in [9.17, 15) is 4.79 Å². The Morgan fingerprint density at radius 3 is 2.77 bits per heavy atom. The van der Waals surface area contributed by atoms with E-state index in [1.807, 2.05) is 0 Å². The Bertz CT molecular complexity index is 215. The van der Waals surface area contributed by atoms with Crippen molar-refractivity contribution >= 4 is 21.8 Å². The van der Waals surface area contributed by atoms with Gasteiger partial charge in [0.25, 0.3) is 0 Å². The van der Waals surface area contributed by atoms with Crippen LogP contribution in [0, 0.1) is 11.8 Å². The van der Waals surface area contributed by atoms with Gasteiger partial charge in [-0.05, 0) is 18.8 Å². The molecule has 1 N–H and O–H groups in total. The van der Waals surface area contributed by atoms with Crippen LogP contribution in [0.3, 0.4) is 0 Å². The van der Waals surface area contributed by atoms with Gasteiger partial charge in [0.15, 0.2) is 0 Å². The summed E-state index contributed by atoms with van der Waals surface area (Å²) in [5.41, 5.74) is 0. The highest BCUT2D eigenvalue weighted by Crippen LogP contribution is 2.31. The molecule has 1 aliphatic rings. The van der Waals surface area contributed by atoms with E-state index >= 15 is 0 Å². The molecule has 0 aromatic carbocycles. The van der Waals surface area contributed by atoms with Gasteiger partial charge >= 0.3 is 0 Å². The molecule has 0 aliphatic heterocycles. The third-order valence-electron chi connectivity index (χ3n) is 2.65. The molecule has 2 unspecified atom stereocenters. The summed E-state index contributed by atoms with van der Waals surface area (Å²) in [6.07, 6.45) is 3.42. The van der Waals surface area contributed by atoms with Crippen LogP contribution >= 0.6 is 15.9 Å². The topological polar surface area (TPSA) is 29.1 Å². The van der Waals surface area contributed by atoms with E-state index in [0.29, 0.717) is 12.5 Å². The van der Waals surface area contributed by atoms with Gasteiger partial charge in [0.1, 0.15) is 0 Å². The fourth-order valence-corrected chi connectivity index (χ4v) is 1.99. The largest absolute Gasteiger partial charge is 0.351 e. The van der Waals surface area contributed by atoms with Gasteiger partial charge in [-0.2, -0.15) is 0 Å². The summed E-state index contributed by atoms with van der Waals surface area (Å²) < 4.78 is 0.825. The highest BCUT2D eigenvalue weighted by atomic mass is 79.9. The zero-order valence-corrected chi connectivity index (χ0v) is 9.56. The average Bonchev–Trinajstić information content (AvgIpc) is 2.47. The predicted molar refractivity (Wildman–Crippen MR) is 57.6 cm³/mol. The second kappa shape index (κ2) is 4.80. The van der Waals surface area contributed by atoms with Gasteiger partial charge in [-0.15, -0.1) is 0 Å². The maximum absolute atomic E-state index is 11.6. The molecule has 1 amide bonds. The van der Waals surface area contributed by atoms with Crippen LogP contribution in [0.4, 0.5) is 0 Å². The van der Waals surface area contributed by atoms with Gasteiger partial charge in [-0.25, -0.2) is 0 Å². The Hall–Kier alpha value is -0.310. The van der Waals surface area contributed by atoms with Gasteiger partial charge in [0, 0.05) is 16.9 Å². The van der Waals surface area contributed by atoms with Crippen molar-refractivity contribution in [3.8, 4) is 0 Å². The van der Waals surface area contributed by atoms with Crippen LogP contribution < -0.4 is 5.32 Å². The van der Waals surface area contributed by atoms with Crippen LogP contribution in [0.15, 0.2) is 11.1 Å². The van der Waals surface area contributed by atoms with E-state index < -0.39 is 0 Å². The van der Waals surface area contributed by atoms with Gasteiger partial charge in [0.05, 0.1) is 0 Å². The lowest BCUT2D eigenvalue weighted by atomic mass is 9.97. The zero-order chi connectivity index (χ0) is 9.84. The minimum atomic E-state index is 0.186. The minimum absolute atomic E-state index is 0.186. The number of rotatable bonds is 3. The molecule has 0 radical (unpaired) electrons. The smallest absolute Gasteiger partial charge is 0.223 e. The summed E-state index contributed by atoms with van der Waals surface area (Å²) in [6.45, 7) is 6.37. The Morgan fingerprint density at radius 1 is 1.62 bits per heavy atom. The SMILES string of the molecule is C=C(Br)CNC(=O)C1CCCC1C. The summed E-state index contributed by atoms with van der Waals surface area (Å²) in [4.78, 5) is 11.6. The molecular weight excluding hydrogens is 230 g/mol. The number of amides is 1. The zero-order valence-electron chi connectivity index (χ0n) is 7.98. The summed E-state index contributed by atoms with van der Waals surface area (Å²) in [5, 5.41) is 2.87. The third-order valence-corrected chi connectivity index (χ3v) is 2.93. The summed E-state index contributed by atoms with van der Waals surface area (Å²) in [5.74, 6) is 0.959. The molecule has 0 heterocycles. The maximum atomic E-state index is 11.6. The Kier molecular flexibility index (Phi) is 3.97. The van der Waals surface area contributed by atoms with Crippen molar-refractivity contribution in [3.63, 3.8) is 0 Å². The first-order valence-electron chi connectivity index (χ1n) is 4.72. The van der Waals surface area contributed by atoms with Crippen LogP contribution in [0.25, 0.3) is 0 Å². The van der Waals surface area contributed by atoms with Crippen molar-refractivity contribution in [2.45, 2.75) is 26.2 Å². The highest BCUT2D eigenvalue weighted by molar-refractivity contribution is 9.11. The number of nitrogens with one attached hydrogen (secondary N) is 1. The fraction of sp³-hybridized carbons (Fsp3) is 0.700. The lowest BCUT2D eigenvalue weighted by Crippen LogP contribution is -2.32. The van der Waals surface area contributed by atoms with Gasteiger partial charge in [-0.1, -0.05) is 35.9 Å². The maximum Gasteiger partial charge on any atom is 0.223 e. The molecule has 1 saturated carbocycles. The molecule has 0 bridgehead atoms. The van der Waals surface area contributed by atoms with Gasteiger partial charge in [-0.3, -0.25) is 4.79 Å². The van der Waals surface area contributed by atoms with Crippen LogP contribution in [0.1, 0.15) is 26.2 Å². The summed E-state index contributed by atoms with van der Waals surface area (Å²) in [6, 6.07) is 0. The number of halogens is 1. The molecule has 0 saturated heterocycles. The molecule has 74 valence electrons. The predicted octanol–water partition coefficient (Wildman–Crippen LogP) is 2.45. The fourth-order valence-electron chi connectivity index (χ4n) is 1.85. The number of hydrogen-bond acceptors (Lipinski definition) is 1. The van der Waals surface area contributed by atoms with Crippen LogP contribution in [-0.4, -0.2) is 12.5 Å². The molecular formula is C10H16BrNO. The van der Waals surface area contributed by atoms with E-state index in [0.717, 1.165) is 10.9 Å². The normalized spacial score (nSPS) is 27.2. The molecule has 0 aromatic rings. The standard InChI is InChI=1S/C10H16BrNO/c1-7-4-3-5-9(7)10(13)12-6-8(2)11/h7,9H,2-6H2,1H3,(H,12,13). The lowest BCUT2D eigenvalue weighted by molar-refractivity contribution is -0.125. The first-order valence-corrected chi connectivity index (χ1v) is 5.51. The second-order valence-corrected chi connectivity index (χ2v) is 4.87. The van der Waals surface area contributed by atoms with E-state index in [-0.39, 0.29) is 11.8 Å². The van der Waals surface area contributed by atoms with Crippen LogP contribution in [0.5, 0.6) is 0 Å². The minimum Gasteiger partial charge on any atom is -0.351 e. The van der Waals surface area contributed by atoms with E-state index in [1.165, 1.54) is 12.8 Å². The van der Waals surface area contributed by atoms with Crippen molar-refractivity contribution in [3.05, 3.63) is 11.1 Å². The first-order chi connectivity index (χ1) is 6.11. The Balaban J connectivity index is 2.34. The molecule has 2 atom stereocenters. The summed E-state index contributed by atoms with van der Waals surface area (Å²) >= 11 is 3.22. The van der Waals surface area contributed by atoms with Gasteiger partial charge in [0.2, 0.25) is 5.91 Å². The molecule has 1 aliphatic carbocycles. The molecule has 2 nitrogen and oxygen atoms in total. The second-order valence-electron chi connectivity index (χ2n) is 3.75. The van der Waals surface area contributed by atoms with Gasteiger partial charge < -0.3 is 5.32 Å². The molecule has 1 fully saturated rings. The first kappa shape index (κ1) is 10.8. The van der Waals surface area contributed by atoms with Crippen LogP contribution in [0.2, 0.25) is 0 Å². The monoisotopic (exact) mass is 245 g/mol. The lowest BCUT2D eigenvalue weighted by Gasteiger charge is -2.14. The molecule has 0 spiro atoms. The Morgan fingerprint density at radius 2 is 2.31 bits per heavy atom. The Labute approximate surface area is 87.9 Å². The van der Waals surface area contributed by atoms with Crippen molar-refractivity contribution < 1.29 is 4.79 Å². The molecule has 13 heavy (non-hydrogen) atoms. The van der Waals surface area contributed by atoms with Crippen LogP contribution in [-0.2, 0) is 4.79 Å². The van der Waals surface area contributed by atoms with E-state index in [1.54, 1.807) is 0 Å². The van der Waals surface area contributed by atoms with Crippen molar-refractivity contribution in [2.24, 2.45) is 11.8 Å².